The molecule has 0 heterocycles. The Hall–Kier alpha value is 0.840. The summed E-state index contributed by atoms with van der Waals surface area (Å²) < 4.78 is 31.9. The highest BCUT2D eigenvalue weighted by molar-refractivity contribution is 8.27. The van der Waals surface area contributed by atoms with Crippen LogP contribution in [0.5, 0.6) is 0 Å². The Balaban J connectivity index is 2.99. The second-order valence-corrected chi connectivity index (χ2v) is 3.40. The van der Waals surface area contributed by atoms with Crippen molar-refractivity contribution < 1.29 is 11.7 Å². The Bertz CT molecular complexity index is 31.7. The van der Waals surface area contributed by atoms with Crippen molar-refractivity contribution in [2.45, 2.75) is 3.91 Å². The maximum absolute atomic E-state index is 11.1. The van der Waals surface area contributed by atoms with Crippen molar-refractivity contribution in [1.82, 2.24) is 0 Å². The number of rotatable bonds is 3. The van der Waals surface area contributed by atoms with Gasteiger partial charge in [0.25, 0.3) is 0 Å². The minimum Gasteiger partial charge on any atom is -0.163 e. The van der Waals surface area contributed by atoms with Crippen molar-refractivity contribution in [2.75, 3.05) is 0 Å². The second kappa shape index (κ2) is 4.99. The predicted octanol–water partition coefficient (Wildman–Crippen LogP) is 3.12. The van der Waals surface area contributed by atoms with Gasteiger partial charge in [-0.3, -0.25) is 0 Å². The molecule has 0 unspecified atom stereocenters. The van der Waals surface area contributed by atoms with E-state index in [1.165, 1.54) is 0 Å². The molecule has 0 N–H and O–H groups in total. The Morgan fingerprint density at radius 1 is 0.857 bits per heavy atom. The zero-order valence-corrected chi connectivity index (χ0v) is 5.39. The average Bonchev–Trinajstić information content (AvgIpc) is 1.72. The molecule has 44 valence electrons. The summed E-state index contributed by atoms with van der Waals surface area (Å²) in [6.45, 7) is 0. The van der Waals surface area contributed by atoms with E-state index in [1.54, 1.807) is 0 Å². The molecule has 0 amide bonds. The molecule has 0 nitrogen and oxygen atoms in total. The minimum absolute atomic E-state index is 0.354. The van der Waals surface area contributed by atoms with Gasteiger partial charge in [0.1, 0.15) is 0 Å². The summed E-state index contributed by atoms with van der Waals surface area (Å²) in [4.78, 5) is 0. The summed E-state index contributed by atoms with van der Waals surface area (Å²) in [7, 11) is 0. The molecule has 0 atom stereocenters. The lowest BCUT2D eigenvalue weighted by molar-refractivity contribution is 0.911. The Morgan fingerprint density at radius 2 is 1.14 bits per heavy atom. The molecule has 6 heteroatoms. The van der Waals surface area contributed by atoms with Crippen molar-refractivity contribution in [3.63, 3.8) is 0 Å². The van der Waals surface area contributed by atoms with E-state index in [0.29, 0.717) is 0 Å². The molecular formula is CHF3S3. The Kier molecular flexibility index (Phi) is 5.58. The van der Waals surface area contributed by atoms with Crippen LogP contribution < -0.4 is 0 Å². The molecule has 0 saturated heterocycles. The van der Waals surface area contributed by atoms with Crippen molar-refractivity contribution in [1.29, 1.82) is 0 Å². The van der Waals surface area contributed by atoms with Crippen LogP contribution >= 0.6 is 36.4 Å². The molecule has 0 aliphatic carbocycles. The summed E-state index contributed by atoms with van der Waals surface area (Å²) >= 11 is -1.06. The van der Waals surface area contributed by atoms with E-state index in [0.717, 1.165) is 0 Å². The first-order chi connectivity index (χ1) is 3.35. The molecule has 0 fully saturated rings. The first-order valence-electron chi connectivity index (χ1n) is 1.17. The predicted molar refractivity (Wildman–Crippen MR) is 29.9 cm³/mol. The van der Waals surface area contributed by atoms with E-state index in [9.17, 15) is 11.7 Å². The summed E-state index contributed by atoms with van der Waals surface area (Å²) in [6.07, 6.45) is 0. The normalized spacial score (nSPS) is 10.3. The topological polar surface area (TPSA) is 0 Å². The van der Waals surface area contributed by atoms with Crippen LogP contribution in [0.2, 0.25) is 0 Å². The third kappa shape index (κ3) is 3.42. The molecule has 0 aromatic heterocycles. The van der Waals surface area contributed by atoms with Gasteiger partial charge in [-0.25, -0.2) is 0 Å². The van der Waals surface area contributed by atoms with Crippen LogP contribution in [0.25, 0.3) is 0 Å². The molecule has 0 saturated carbocycles. The van der Waals surface area contributed by atoms with E-state index in [4.69, 9.17) is 0 Å². The smallest absolute Gasteiger partial charge is 0.163 e. The van der Waals surface area contributed by atoms with Crippen LogP contribution in [-0.2, 0) is 0 Å². The van der Waals surface area contributed by atoms with Crippen molar-refractivity contribution in [3.8, 4) is 0 Å². The monoisotopic (exact) mass is 166 g/mol. The fraction of sp³-hybridized carbons (Fsp3) is 1.00. The molecule has 0 bridgehead atoms. The van der Waals surface area contributed by atoms with Gasteiger partial charge >= 0.3 is 0 Å². The van der Waals surface area contributed by atoms with Crippen molar-refractivity contribution in [2.24, 2.45) is 0 Å². The van der Waals surface area contributed by atoms with Crippen LogP contribution in [0.3, 0.4) is 0 Å². The fourth-order valence-electron chi connectivity index (χ4n) is 0.0412. The largest absolute Gasteiger partial charge is 0.189 e. The maximum atomic E-state index is 11.1. The lowest BCUT2D eigenvalue weighted by atomic mass is 11.9. The lowest BCUT2D eigenvalue weighted by Crippen LogP contribution is -1.75. The van der Waals surface area contributed by atoms with E-state index >= 15 is 0 Å². The lowest BCUT2D eigenvalue weighted by Gasteiger charge is -1.92. The summed E-state index contributed by atoms with van der Waals surface area (Å²) in [6, 6.07) is 0. The molecule has 0 radical (unpaired) electrons. The molecule has 0 aromatic carbocycles. The maximum Gasteiger partial charge on any atom is 0.189 e. The third-order valence-electron chi connectivity index (χ3n) is 0.218. The number of hydrogen-bond acceptors (Lipinski definition) is 3. The van der Waals surface area contributed by atoms with E-state index < -0.39 is 3.91 Å². The number of halogens is 3. The van der Waals surface area contributed by atoms with Crippen LogP contribution in [0, 0.1) is 0 Å². The van der Waals surface area contributed by atoms with E-state index in [2.05, 4.69) is 0 Å². The molecule has 0 aliphatic heterocycles. The third-order valence-corrected chi connectivity index (χ3v) is 1.96. The zero-order valence-electron chi connectivity index (χ0n) is 2.94. The molecular weight excluding hydrogens is 165 g/mol. The summed E-state index contributed by atoms with van der Waals surface area (Å²) in [5.41, 5.74) is 0. The SMILES string of the molecule is FSC(SF)SF. The van der Waals surface area contributed by atoms with Gasteiger partial charge in [0.15, 0.2) is 3.91 Å². The van der Waals surface area contributed by atoms with E-state index in [-0.39, 0.29) is 36.4 Å². The van der Waals surface area contributed by atoms with Gasteiger partial charge in [0.2, 0.25) is 0 Å². The van der Waals surface area contributed by atoms with Crippen molar-refractivity contribution in [3.05, 3.63) is 0 Å². The molecule has 0 aliphatic rings. The van der Waals surface area contributed by atoms with Crippen LogP contribution in [0.4, 0.5) is 11.7 Å². The average molecular weight is 166 g/mol. The van der Waals surface area contributed by atoms with E-state index in [1.807, 2.05) is 0 Å². The Morgan fingerprint density at radius 3 is 1.14 bits per heavy atom. The highest BCUT2D eigenvalue weighted by atomic mass is 32.3. The standard InChI is InChI=1S/CHF3S3/c2-5-1(6-3)7-4/h1H. The van der Waals surface area contributed by atoms with Gasteiger partial charge in [-0.05, 0) is 0 Å². The van der Waals surface area contributed by atoms with Gasteiger partial charge in [-0.2, -0.15) is 11.7 Å². The van der Waals surface area contributed by atoms with Crippen LogP contribution in [0.15, 0.2) is 0 Å². The zero-order chi connectivity index (χ0) is 5.70. The quantitative estimate of drug-likeness (QED) is 0.591. The highest BCUT2D eigenvalue weighted by Crippen LogP contribution is 2.35. The van der Waals surface area contributed by atoms with Crippen LogP contribution in [-0.4, -0.2) is 3.91 Å². The highest BCUT2D eigenvalue weighted by Gasteiger charge is 2.10. The molecule has 0 rings (SSSR count). The summed E-state index contributed by atoms with van der Waals surface area (Å²) in [5, 5.41) is 0. The first-order valence-corrected chi connectivity index (χ1v) is 3.51. The minimum atomic E-state index is -1.26. The molecule has 0 aromatic rings. The number of hydrogen-bond donors (Lipinski definition) is 0. The van der Waals surface area contributed by atoms with Gasteiger partial charge in [0, 0.05) is 0 Å². The molecule has 7 heavy (non-hydrogen) atoms. The second-order valence-electron chi connectivity index (χ2n) is 0.556. The molecule has 0 spiro atoms. The first kappa shape index (κ1) is 7.84. The van der Waals surface area contributed by atoms with Gasteiger partial charge < -0.3 is 0 Å². The fourth-order valence-corrected chi connectivity index (χ4v) is 0.371. The van der Waals surface area contributed by atoms with Crippen LogP contribution in [0.1, 0.15) is 0 Å². The van der Waals surface area contributed by atoms with Gasteiger partial charge in [-0.1, -0.05) is 0 Å². The van der Waals surface area contributed by atoms with Gasteiger partial charge in [-0.15, -0.1) is 0 Å². The van der Waals surface area contributed by atoms with Crippen molar-refractivity contribution >= 4 is 36.4 Å². The Labute approximate surface area is 52.5 Å². The summed E-state index contributed by atoms with van der Waals surface area (Å²) in [5.74, 6) is 0. The van der Waals surface area contributed by atoms with Gasteiger partial charge in [0.05, 0.1) is 36.4 Å².